The molecule has 0 saturated carbocycles. The van der Waals surface area contributed by atoms with Gasteiger partial charge in [0.15, 0.2) is 0 Å². The number of hydrogen-bond donors (Lipinski definition) is 1. The van der Waals surface area contributed by atoms with Crippen molar-refractivity contribution in [2.24, 2.45) is 0 Å². The van der Waals surface area contributed by atoms with E-state index in [9.17, 15) is 13.2 Å². The van der Waals surface area contributed by atoms with E-state index in [1.807, 2.05) is 4.90 Å². The van der Waals surface area contributed by atoms with E-state index in [2.05, 4.69) is 4.72 Å². The van der Waals surface area contributed by atoms with Crippen molar-refractivity contribution in [3.8, 4) is 0 Å². The fourth-order valence-corrected chi connectivity index (χ4v) is 4.88. The lowest BCUT2D eigenvalue weighted by atomic mass is 10.1. The van der Waals surface area contributed by atoms with Gasteiger partial charge in [0.1, 0.15) is 4.90 Å². The first kappa shape index (κ1) is 20.0. The number of anilines is 1. The van der Waals surface area contributed by atoms with Crippen LogP contribution in [0.2, 0.25) is 10.0 Å². The van der Waals surface area contributed by atoms with Crippen LogP contribution in [0.1, 0.15) is 24.0 Å². The smallest absolute Gasteiger partial charge is 0.263 e. The Labute approximate surface area is 169 Å². The van der Waals surface area contributed by atoms with Gasteiger partial charge >= 0.3 is 0 Å². The summed E-state index contributed by atoms with van der Waals surface area (Å²) in [5.41, 5.74) is 1.86. The van der Waals surface area contributed by atoms with Crippen LogP contribution in [0.25, 0.3) is 0 Å². The molecule has 1 saturated heterocycles. The van der Waals surface area contributed by atoms with E-state index >= 15 is 0 Å². The summed E-state index contributed by atoms with van der Waals surface area (Å²) in [5, 5.41) is 0.469. The number of amides is 1. The maximum Gasteiger partial charge on any atom is 0.263 e. The second kappa shape index (κ2) is 8.09. The molecule has 2 aromatic carbocycles. The van der Waals surface area contributed by atoms with Gasteiger partial charge in [-0.05, 0) is 55.2 Å². The van der Waals surface area contributed by atoms with Crippen molar-refractivity contribution < 1.29 is 13.2 Å². The highest BCUT2D eigenvalue weighted by Crippen LogP contribution is 2.29. The molecule has 27 heavy (non-hydrogen) atoms. The van der Waals surface area contributed by atoms with Crippen molar-refractivity contribution in [2.75, 3.05) is 17.8 Å². The Morgan fingerprint density at radius 3 is 2.33 bits per heavy atom. The van der Waals surface area contributed by atoms with Gasteiger partial charge in [-0.1, -0.05) is 35.3 Å². The quantitative estimate of drug-likeness (QED) is 0.775. The molecule has 1 aliphatic rings. The van der Waals surface area contributed by atoms with Crippen LogP contribution in [-0.2, 0) is 21.2 Å². The first-order valence-electron chi connectivity index (χ1n) is 8.61. The largest absolute Gasteiger partial charge is 0.342 e. The van der Waals surface area contributed by atoms with Crippen molar-refractivity contribution in [2.45, 2.75) is 31.1 Å². The average molecular weight is 427 g/mol. The molecule has 1 heterocycles. The Morgan fingerprint density at radius 2 is 1.70 bits per heavy atom. The number of benzene rings is 2. The van der Waals surface area contributed by atoms with Crippen LogP contribution >= 0.6 is 23.2 Å². The van der Waals surface area contributed by atoms with Crippen LogP contribution in [0.15, 0.2) is 41.3 Å². The molecule has 1 fully saturated rings. The fourth-order valence-electron chi connectivity index (χ4n) is 2.99. The molecule has 5 nitrogen and oxygen atoms in total. The van der Waals surface area contributed by atoms with Gasteiger partial charge in [-0.15, -0.1) is 0 Å². The zero-order valence-electron chi connectivity index (χ0n) is 14.8. The van der Waals surface area contributed by atoms with Crippen LogP contribution in [0.4, 0.5) is 5.69 Å². The summed E-state index contributed by atoms with van der Waals surface area (Å²) in [4.78, 5) is 14.0. The topological polar surface area (TPSA) is 66.5 Å². The molecule has 0 unspecified atom stereocenters. The van der Waals surface area contributed by atoms with Crippen molar-refractivity contribution in [1.82, 2.24) is 4.90 Å². The molecule has 1 amide bonds. The zero-order chi connectivity index (χ0) is 19.6. The number of sulfonamides is 1. The zero-order valence-corrected chi connectivity index (χ0v) is 17.2. The van der Waals surface area contributed by atoms with E-state index in [4.69, 9.17) is 23.2 Å². The van der Waals surface area contributed by atoms with Crippen LogP contribution < -0.4 is 4.72 Å². The molecule has 0 aliphatic carbocycles. The summed E-state index contributed by atoms with van der Waals surface area (Å²) in [6, 6.07) is 9.64. The monoisotopic (exact) mass is 426 g/mol. The first-order valence-corrected chi connectivity index (χ1v) is 10.9. The van der Waals surface area contributed by atoms with Crippen LogP contribution in [0.5, 0.6) is 0 Å². The number of nitrogens with zero attached hydrogens (tertiary/aromatic N) is 1. The second-order valence-corrected chi connectivity index (χ2v) is 9.06. The van der Waals surface area contributed by atoms with E-state index in [1.54, 1.807) is 31.2 Å². The molecule has 8 heteroatoms. The number of carbonyl (C=O) groups is 1. The van der Waals surface area contributed by atoms with E-state index in [1.165, 1.54) is 12.1 Å². The fraction of sp³-hybridized carbons (Fsp3) is 0.316. The lowest BCUT2D eigenvalue weighted by Gasteiger charge is -2.15. The number of nitrogens with one attached hydrogen (secondary N) is 1. The van der Waals surface area contributed by atoms with Gasteiger partial charge in [-0.2, -0.15) is 0 Å². The normalized spacial score (nSPS) is 14.4. The van der Waals surface area contributed by atoms with Crippen LogP contribution in [0.3, 0.4) is 0 Å². The Morgan fingerprint density at radius 1 is 1.07 bits per heavy atom. The standard InChI is InChI=1S/C19H20Cl2N2O3S/c1-13-10-18(17(21)12-16(13)20)27(25,26)22-15-6-4-14(5-7-15)11-19(24)23-8-2-3-9-23/h4-7,10,12,22H,2-3,8-9,11H2,1H3. The lowest BCUT2D eigenvalue weighted by molar-refractivity contribution is -0.129. The van der Waals surface area contributed by atoms with E-state index in [0.717, 1.165) is 31.5 Å². The number of halogens is 2. The molecule has 0 radical (unpaired) electrons. The highest BCUT2D eigenvalue weighted by Gasteiger charge is 2.20. The average Bonchev–Trinajstić information content (AvgIpc) is 3.14. The minimum absolute atomic E-state index is 0.0284. The molecular weight excluding hydrogens is 407 g/mol. The predicted octanol–water partition coefficient (Wildman–Crippen LogP) is 4.27. The van der Waals surface area contributed by atoms with Crippen LogP contribution in [0, 0.1) is 6.92 Å². The Balaban J connectivity index is 1.72. The summed E-state index contributed by atoms with van der Waals surface area (Å²) in [5.74, 6) is 0.101. The summed E-state index contributed by atoms with van der Waals surface area (Å²) in [6.07, 6.45) is 2.42. The molecule has 1 aliphatic heterocycles. The van der Waals surface area contributed by atoms with Crippen molar-refractivity contribution in [3.05, 3.63) is 57.6 Å². The molecule has 0 atom stereocenters. The van der Waals surface area contributed by atoms with Crippen molar-refractivity contribution in [3.63, 3.8) is 0 Å². The Hall–Kier alpha value is -1.76. The lowest BCUT2D eigenvalue weighted by Crippen LogP contribution is -2.29. The summed E-state index contributed by atoms with van der Waals surface area (Å²) in [7, 11) is -3.85. The van der Waals surface area contributed by atoms with Crippen LogP contribution in [-0.4, -0.2) is 32.3 Å². The second-order valence-electron chi connectivity index (χ2n) is 6.60. The van der Waals surface area contributed by atoms with Gasteiger partial charge in [-0.3, -0.25) is 9.52 Å². The summed E-state index contributed by atoms with van der Waals surface area (Å²) in [6.45, 7) is 3.35. The van der Waals surface area contributed by atoms with E-state index in [-0.39, 0.29) is 15.8 Å². The SMILES string of the molecule is Cc1cc(S(=O)(=O)Nc2ccc(CC(=O)N3CCCC3)cc2)c(Cl)cc1Cl. The number of likely N-dealkylation sites (tertiary alicyclic amines) is 1. The molecule has 0 spiro atoms. The van der Waals surface area contributed by atoms with Gasteiger partial charge in [0.2, 0.25) is 5.91 Å². The minimum Gasteiger partial charge on any atom is -0.342 e. The van der Waals surface area contributed by atoms with Gasteiger partial charge < -0.3 is 4.90 Å². The number of aryl methyl sites for hydroxylation is 1. The molecule has 3 rings (SSSR count). The van der Waals surface area contributed by atoms with Gasteiger partial charge in [0.05, 0.1) is 11.4 Å². The highest BCUT2D eigenvalue weighted by molar-refractivity contribution is 7.92. The third kappa shape index (κ3) is 4.75. The van der Waals surface area contributed by atoms with Crippen molar-refractivity contribution >= 4 is 44.8 Å². The number of carbonyl (C=O) groups excluding carboxylic acids is 1. The Kier molecular flexibility index (Phi) is 5.99. The van der Waals surface area contributed by atoms with E-state index in [0.29, 0.717) is 22.7 Å². The third-order valence-electron chi connectivity index (χ3n) is 4.52. The number of hydrogen-bond acceptors (Lipinski definition) is 3. The predicted molar refractivity (Wildman–Crippen MR) is 108 cm³/mol. The third-order valence-corrected chi connectivity index (χ3v) is 6.78. The van der Waals surface area contributed by atoms with Gasteiger partial charge in [0, 0.05) is 23.8 Å². The Bertz CT molecular complexity index is 954. The summed E-state index contributed by atoms with van der Waals surface area (Å²) >= 11 is 12.0. The molecule has 144 valence electrons. The maximum absolute atomic E-state index is 12.6. The molecule has 1 N–H and O–H groups in total. The maximum atomic E-state index is 12.6. The van der Waals surface area contributed by atoms with Gasteiger partial charge in [-0.25, -0.2) is 8.42 Å². The molecule has 2 aromatic rings. The van der Waals surface area contributed by atoms with Crippen molar-refractivity contribution in [1.29, 1.82) is 0 Å². The first-order chi connectivity index (χ1) is 12.8. The summed E-state index contributed by atoms with van der Waals surface area (Å²) < 4.78 is 27.8. The number of rotatable bonds is 5. The van der Waals surface area contributed by atoms with Gasteiger partial charge in [0.25, 0.3) is 10.0 Å². The molecule has 0 aromatic heterocycles. The molecular formula is C19H20Cl2N2O3S. The minimum atomic E-state index is -3.85. The highest BCUT2D eigenvalue weighted by atomic mass is 35.5. The van der Waals surface area contributed by atoms with E-state index < -0.39 is 10.0 Å². The molecule has 0 bridgehead atoms.